The van der Waals surface area contributed by atoms with Crippen molar-refractivity contribution in [1.82, 2.24) is 9.47 Å². The van der Waals surface area contributed by atoms with Gasteiger partial charge >= 0.3 is 5.97 Å². The molecule has 6 nitrogen and oxygen atoms in total. The summed E-state index contributed by atoms with van der Waals surface area (Å²) in [4.78, 5) is 30.9. The molecule has 2 atom stereocenters. The number of aliphatic imine (C=N–C) groups is 1. The molecule has 1 saturated heterocycles. The SMILES string of the molecule is O=C1OC(c2ccccc2)=N/C1=C/N1C[C@@H]2C[C@H](C1)c1cccc(=O)n1C2. The Morgan fingerprint density at radius 1 is 1.00 bits per heavy atom. The highest BCUT2D eigenvalue weighted by Crippen LogP contribution is 2.35. The Bertz CT molecular complexity index is 1020. The second-order valence-electron chi connectivity index (χ2n) is 7.34. The lowest BCUT2D eigenvalue weighted by Crippen LogP contribution is -2.45. The molecule has 1 aromatic heterocycles. The van der Waals surface area contributed by atoms with E-state index in [1.807, 2.05) is 53.2 Å². The maximum atomic E-state index is 12.2. The number of carbonyl (C=O) groups excluding carboxylic acids is 1. The van der Waals surface area contributed by atoms with Crippen LogP contribution in [0, 0.1) is 5.92 Å². The van der Waals surface area contributed by atoms with Crippen LogP contribution in [0.2, 0.25) is 0 Å². The largest absolute Gasteiger partial charge is 0.402 e. The first-order chi connectivity index (χ1) is 13.2. The standard InChI is InChI=1S/C21H19N3O3/c25-19-8-4-7-18-16-9-14(11-24(18)19)10-23(12-16)13-17-21(26)27-20(22-17)15-5-2-1-3-6-15/h1-8,13-14,16H,9-12H2/b17-13+/t14-,16+/m0/s1. The number of benzene rings is 1. The summed E-state index contributed by atoms with van der Waals surface area (Å²) in [7, 11) is 0. The average Bonchev–Trinajstić information content (AvgIpc) is 3.04. The summed E-state index contributed by atoms with van der Waals surface area (Å²) >= 11 is 0. The molecule has 0 aliphatic carbocycles. The number of ether oxygens (including phenoxy) is 1. The molecule has 0 N–H and O–H groups in total. The number of hydrogen-bond acceptors (Lipinski definition) is 5. The van der Waals surface area contributed by atoms with Crippen LogP contribution in [-0.2, 0) is 16.1 Å². The molecule has 6 heteroatoms. The molecule has 3 aliphatic rings. The highest BCUT2D eigenvalue weighted by Gasteiger charge is 2.34. The first kappa shape index (κ1) is 16.1. The highest BCUT2D eigenvalue weighted by molar-refractivity contribution is 6.11. The first-order valence-corrected chi connectivity index (χ1v) is 9.19. The van der Waals surface area contributed by atoms with Gasteiger partial charge in [-0.1, -0.05) is 24.3 Å². The number of nitrogens with zero attached hydrogens (tertiary/aromatic N) is 3. The lowest BCUT2D eigenvalue weighted by Gasteiger charge is -2.42. The number of likely N-dealkylation sites (tertiary alicyclic amines) is 1. The van der Waals surface area contributed by atoms with Crippen LogP contribution in [0.3, 0.4) is 0 Å². The van der Waals surface area contributed by atoms with Gasteiger partial charge in [0.15, 0.2) is 5.70 Å². The van der Waals surface area contributed by atoms with E-state index in [4.69, 9.17) is 4.74 Å². The number of hydrogen-bond donors (Lipinski definition) is 0. The third kappa shape index (κ3) is 2.87. The number of cyclic esters (lactones) is 1. The van der Waals surface area contributed by atoms with E-state index in [9.17, 15) is 9.59 Å². The minimum absolute atomic E-state index is 0.0745. The molecule has 2 aromatic rings. The van der Waals surface area contributed by atoms with Gasteiger partial charge in [-0.2, -0.15) is 0 Å². The zero-order chi connectivity index (χ0) is 18.4. The van der Waals surface area contributed by atoms with Crippen molar-refractivity contribution in [3.8, 4) is 0 Å². The quantitative estimate of drug-likeness (QED) is 0.607. The number of esters is 1. The molecule has 3 aliphatic heterocycles. The van der Waals surface area contributed by atoms with Crippen molar-refractivity contribution in [3.63, 3.8) is 0 Å². The highest BCUT2D eigenvalue weighted by atomic mass is 16.6. The Labute approximate surface area is 156 Å². The van der Waals surface area contributed by atoms with Gasteiger partial charge in [0.25, 0.3) is 5.56 Å². The van der Waals surface area contributed by atoms with E-state index in [1.165, 1.54) is 0 Å². The van der Waals surface area contributed by atoms with E-state index in [0.717, 1.165) is 37.3 Å². The first-order valence-electron chi connectivity index (χ1n) is 9.19. The van der Waals surface area contributed by atoms with Crippen LogP contribution in [0.1, 0.15) is 23.6 Å². The summed E-state index contributed by atoms with van der Waals surface area (Å²) in [6.45, 7) is 2.31. The second-order valence-corrected chi connectivity index (χ2v) is 7.34. The summed E-state index contributed by atoms with van der Waals surface area (Å²) in [5.74, 6) is 0.614. The van der Waals surface area contributed by atoms with Gasteiger partial charge in [0.05, 0.1) is 0 Å². The number of pyridine rings is 1. The summed E-state index contributed by atoms with van der Waals surface area (Å²) in [5.41, 5.74) is 2.28. The molecular weight excluding hydrogens is 342 g/mol. The fourth-order valence-electron chi connectivity index (χ4n) is 4.32. The minimum Gasteiger partial charge on any atom is -0.402 e. The normalized spacial score (nSPS) is 25.2. The van der Waals surface area contributed by atoms with Gasteiger partial charge in [0.2, 0.25) is 5.90 Å². The van der Waals surface area contributed by atoms with E-state index >= 15 is 0 Å². The molecule has 27 heavy (non-hydrogen) atoms. The summed E-state index contributed by atoms with van der Waals surface area (Å²) < 4.78 is 7.24. The van der Waals surface area contributed by atoms with Crippen LogP contribution in [0.15, 0.2) is 70.2 Å². The van der Waals surface area contributed by atoms with Crippen molar-refractivity contribution in [1.29, 1.82) is 0 Å². The maximum Gasteiger partial charge on any atom is 0.365 e. The monoisotopic (exact) mass is 361 g/mol. The van der Waals surface area contributed by atoms with Crippen molar-refractivity contribution in [2.75, 3.05) is 13.1 Å². The summed E-state index contributed by atoms with van der Waals surface area (Å²) in [6.07, 6.45) is 2.89. The molecule has 136 valence electrons. The predicted octanol–water partition coefficient (Wildman–Crippen LogP) is 2.11. The lowest BCUT2D eigenvalue weighted by molar-refractivity contribution is -0.130. The van der Waals surface area contributed by atoms with Gasteiger partial charge in [-0.3, -0.25) is 4.79 Å². The third-order valence-corrected chi connectivity index (χ3v) is 5.45. The summed E-state index contributed by atoms with van der Waals surface area (Å²) in [5, 5.41) is 0. The van der Waals surface area contributed by atoms with Gasteiger partial charge in [-0.25, -0.2) is 9.79 Å². The van der Waals surface area contributed by atoms with Gasteiger partial charge in [0.1, 0.15) is 0 Å². The fourth-order valence-corrected chi connectivity index (χ4v) is 4.32. The molecule has 2 bridgehead atoms. The lowest BCUT2D eigenvalue weighted by atomic mass is 9.83. The van der Waals surface area contributed by atoms with E-state index < -0.39 is 5.97 Å². The molecule has 0 saturated carbocycles. The number of fused-ring (bicyclic) bond motifs is 4. The van der Waals surface area contributed by atoms with Crippen LogP contribution in [-0.4, -0.2) is 34.4 Å². The van der Waals surface area contributed by atoms with Crippen molar-refractivity contribution in [2.24, 2.45) is 10.9 Å². The Morgan fingerprint density at radius 2 is 1.85 bits per heavy atom. The second kappa shape index (κ2) is 6.23. The van der Waals surface area contributed by atoms with Gasteiger partial charge < -0.3 is 14.2 Å². The molecule has 0 radical (unpaired) electrons. The zero-order valence-electron chi connectivity index (χ0n) is 14.7. The molecule has 0 unspecified atom stereocenters. The van der Waals surface area contributed by atoms with E-state index in [-0.39, 0.29) is 5.56 Å². The minimum atomic E-state index is -0.416. The van der Waals surface area contributed by atoms with Crippen molar-refractivity contribution in [2.45, 2.75) is 18.9 Å². The molecule has 5 rings (SSSR count). The predicted molar refractivity (Wildman–Crippen MR) is 100 cm³/mol. The van der Waals surface area contributed by atoms with Crippen LogP contribution < -0.4 is 5.56 Å². The Hall–Kier alpha value is -3.15. The van der Waals surface area contributed by atoms with E-state index in [1.54, 1.807) is 6.07 Å². The third-order valence-electron chi connectivity index (χ3n) is 5.45. The Kier molecular flexibility index (Phi) is 3.70. The molecule has 1 aromatic carbocycles. The number of carbonyl (C=O) groups is 1. The molecule has 1 fully saturated rings. The van der Waals surface area contributed by atoms with Crippen LogP contribution >= 0.6 is 0 Å². The number of aromatic nitrogens is 1. The number of piperidine rings is 1. The summed E-state index contributed by atoms with van der Waals surface area (Å²) in [6, 6.07) is 14.9. The van der Waals surface area contributed by atoms with Gasteiger partial charge in [0, 0.05) is 49.1 Å². The smallest absolute Gasteiger partial charge is 0.365 e. The van der Waals surface area contributed by atoms with Crippen LogP contribution in [0.5, 0.6) is 0 Å². The van der Waals surface area contributed by atoms with Crippen LogP contribution in [0.25, 0.3) is 0 Å². The Morgan fingerprint density at radius 3 is 2.70 bits per heavy atom. The fraction of sp³-hybridized carbons (Fsp3) is 0.286. The maximum absolute atomic E-state index is 12.2. The van der Waals surface area contributed by atoms with Crippen molar-refractivity contribution < 1.29 is 9.53 Å². The van der Waals surface area contributed by atoms with Crippen LogP contribution in [0.4, 0.5) is 0 Å². The van der Waals surface area contributed by atoms with Gasteiger partial charge in [-0.15, -0.1) is 0 Å². The molecule has 0 spiro atoms. The average molecular weight is 361 g/mol. The molecule has 0 amide bonds. The zero-order valence-corrected chi connectivity index (χ0v) is 14.7. The molecule has 4 heterocycles. The van der Waals surface area contributed by atoms with E-state index in [2.05, 4.69) is 9.89 Å². The molecular formula is C21H19N3O3. The number of rotatable bonds is 2. The Balaban J connectivity index is 1.41. The van der Waals surface area contributed by atoms with E-state index in [0.29, 0.717) is 23.4 Å². The van der Waals surface area contributed by atoms with Crippen molar-refractivity contribution in [3.05, 3.63) is 82.0 Å². The topological polar surface area (TPSA) is 63.9 Å². The van der Waals surface area contributed by atoms with Gasteiger partial charge in [-0.05, 0) is 30.5 Å². The van der Waals surface area contributed by atoms with Crippen molar-refractivity contribution >= 4 is 11.9 Å².